The number of halogens is 1. The molecule has 2 aliphatic rings. The van der Waals surface area contributed by atoms with Crippen LogP contribution in [0.1, 0.15) is 5.69 Å². The molecule has 5 rings (SSSR count). The first-order chi connectivity index (χ1) is 16.4. The Kier molecular flexibility index (Phi) is 6.06. The number of anilines is 2. The highest BCUT2D eigenvalue weighted by Crippen LogP contribution is 2.41. The second kappa shape index (κ2) is 9.16. The highest BCUT2D eigenvalue weighted by Gasteiger charge is 2.28. The Bertz CT molecular complexity index is 1240. The Morgan fingerprint density at radius 2 is 1.71 bits per heavy atom. The van der Waals surface area contributed by atoms with Crippen molar-refractivity contribution in [2.75, 3.05) is 56.1 Å². The minimum absolute atomic E-state index is 0.0622. The van der Waals surface area contributed by atoms with Crippen LogP contribution in [-0.2, 0) is 0 Å². The maximum absolute atomic E-state index is 12.4. The van der Waals surface area contributed by atoms with E-state index in [9.17, 15) is 9.90 Å². The van der Waals surface area contributed by atoms with E-state index in [1.807, 2.05) is 55.5 Å². The topological polar surface area (TPSA) is 71.9 Å². The van der Waals surface area contributed by atoms with Gasteiger partial charge in [-0.3, -0.25) is 4.90 Å². The summed E-state index contributed by atoms with van der Waals surface area (Å²) in [5.41, 5.74) is 4.74. The number of aromatic hydroxyl groups is 1. The van der Waals surface area contributed by atoms with E-state index in [0.717, 1.165) is 54.4 Å². The van der Waals surface area contributed by atoms with Gasteiger partial charge < -0.3 is 20.2 Å². The average molecular weight is 478 g/mol. The summed E-state index contributed by atoms with van der Waals surface area (Å²) >= 11 is 6.60. The summed E-state index contributed by atoms with van der Waals surface area (Å²) in [6, 6.07) is 15.3. The van der Waals surface area contributed by atoms with Crippen LogP contribution in [0.4, 0.5) is 16.3 Å². The first-order valence-electron chi connectivity index (χ1n) is 11.5. The van der Waals surface area contributed by atoms with Crippen molar-refractivity contribution in [3.8, 4) is 28.0 Å². The number of nitrogens with one attached hydrogen (secondary N) is 1. The summed E-state index contributed by atoms with van der Waals surface area (Å²) in [7, 11) is 1.78. The van der Waals surface area contributed by atoms with Crippen molar-refractivity contribution in [3.63, 3.8) is 0 Å². The van der Waals surface area contributed by atoms with Crippen molar-refractivity contribution in [1.82, 2.24) is 15.2 Å². The monoisotopic (exact) mass is 477 g/mol. The van der Waals surface area contributed by atoms with Gasteiger partial charge in [0, 0.05) is 63.1 Å². The van der Waals surface area contributed by atoms with Crippen molar-refractivity contribution < 1.29 is 9.90 Å². The largest absolute Gasteiger partial charge is 0.507 e. The van der Waals surface area contributed by atoms with E-state index in [1.165, 1.54) is 0 Å². The standard InChI is InChI=1S/C26H28ClN5O2/c1-17-14-19(16-24(29-17)31-10-8-28-9-11-31)21-5-3-4-20(25(21)33)18-6-7-23(22(27)15-18)32-13-12-30(2)26(32)34/h3-7,14-16,28,33H,8-13H2,1-2H3. The van der Waals surface area contributed by atoms with Gasteiger partial charge in [0.2, 0.25) is 0 Å². The fourth-order valence-corrected chi connectivity index (χ4v) is 4.92. The number of benzene rings is 2. The lowest BCUT2D eigenvalue weighted by molar-refractivity contribution is 0.229. The van der Waals surface area contributed by atoms with Crippen molar-refractivity contribution in [2.45, 2.75) is 6.92 Å². The molecule has 8 heteroatoms. The van der Waals surface area contributed by atoms with Crippen LogP contribution in [0.25, 0.3) is 22.3 Å². The van der Waals surface area contributed by atoms with Gasteiger partial charge in [0.05, 0.1) is 10.7 Å². The number of phenols is 1. The van der Waals surface area contributed by atoms with Gasteiger partial charge in [0.15, 0.2) is 0 Å². The SMILES string of the molecule is Cc1cc(-c2cccc(-c3ccc(N4CCN(C)C4=O)c(Cl)c3)c2O)cc(N2CCNCC2)n1. The van der Waals surface area contributed by atoms with E-state index in [-0.39, 0.29) is 11.8 Å². The van der Waals surface area contributed by atoms with Crippen LogP contribution in [0.3, 0.4) is 0 Å². The van der Waals surface area contributed by atoms with Crippen LogP contribution in [-0.4, -0.2) is 67.3 Å². The third-order valence-corrected chi connectivity index (χ3v) is 6.80. The quantitative estimate of drug-likeness (QED) is 0.584. The predicted octanol–water partition coefficient (Wildman–Crippen LogP) is 4.36. The average Bonchev–Trinajstić information content (AvgIpc) is 3.17. The maximum Gasteiger partial charge on any atom is 0.324 e. The summed E-state index contributed by atoms with van der Waals surface area (Å²) in [4.78, 5) is 22.7. The van der Waals surface area contributed by atoms with E-state index < -0.39 is 0 Å². The number of likely N-dealkylation sites (N-methyl/N-ethyl adjacent to an activating group) is 1. The second-order valence-electron chi connectivity index (χ2n) is 8.82. The third kappa shape index (κ3) is 4.17. The number of rotatable bonds is 4. The summed E-state index contributed by atoms with van der Waals surface area (Å²) in [5.74, 6) is 1.12. The number of aryl methyl sites for hydroxylation is 1. The minimum atomic E-state index is -0.0622. The van der Waals surface area contributed by atoms with Crippen LogP contribution in [0.15, 0.2) is 48.5 Å². The molecule has 2 aliphatic heterocycles. The number of phenolic OH excluding ortho intramolecular Hbond substituents is 1. The Balaban J connectivity index is 1.50. The molecule has 0 saturated carbocycles. The molecule has 2 amide bonds. The molecular formula is C26H28ClN5O2. The van der Waals surface area contributed by atoms with Crippen molar-refractivity contribution >= 4 is 29.1 Å². The molecule has 2 fully saturated rings. The minimum Gasteiger partial charge on any atom is -0.507 e. The zero-order valence-electron chi connectivity index (χ0n) is 19.4. The highest BCUT2D eigenvalue weighted by molar-refractivity contribution is 6.34. The Labute approximate surface area is 204 Å². The predicted molar refractivity (Wildman–Crippen MR) is 137 cm³/mol. The molecule has 0 aliphatic carbocycles. The van der Waals surface area contributed by atoms with Crippen LogP contribution in [0.5, 0.6) is 5.75 Å². The molecule has 0 spiro atoms. The Morgan fingerprint density at radius 3 is 2.38 bits per heavy atom. The number of aromatic nitrogens is 1. The molecule has 0 radical (unpaired) electrons. The Hall–Kier alpha value is -3.29. The van der Waals surface area contributed by atoms with Crippen LogP contribution < -0.4 is 15.1 Å². The summed E-state index contributed by atoms with van der Waals surface area (Å²) < 4.78 is 0. The molecule has 3 heterocycles. The molecule has 176 valence electrons. The van der Waals surface area contributed by atoms with Gasteiger partial charge in [-0.25, -0.2) is 9.78 Å². The summed E-state index contributed by atoms with van der Waals surface area (Å²) in [6.07, 6.45) is 0. The van der Waals surface area contributed by atoms with Gasteiger partial charge in [-0.1, -0.05) is 35.9 Å². The number of amides is 2. The molecular weight excluding hydrogens is 450 g/mol. The summed E-state index contributed by atoms with van der Waals surface area (Å²) in [5, 5.41) is 15.1. The van der Waals surface area contributed by atoms with E-state index in [1.54, 1.807) is 16.8 Å². The van der Waals surface area contributed by atoms with Crippen molar-refractivity contribution in [2.24, 2.45) is 0 Å². The van der Waals surface area contributed by atoms with E-state index >= 15 is 0 Å². The van der Waals surface area contributed by atoms with Gasteiger partial charge in [-0.15, -0.1) is 0 Å². The lowest BCUT2D eigenvalue weighted by Gasteiger charge is -2.29. The molecule has 3 aromatic rings. The number of hydrogen-bond donors (Lipinski definition) is 2. The number of carbonyl (C=O) groups is 1. The highest BCUT2D eigenvalue weighted by atomic mass is 35.5. The fraction of sp³-hybridized carbons (Fsp3) is 0.308. The number of para-hydroxylation sites is 1. The van der Waals surface area contributed by atoms with Gasteiger partial charge >= 0.3 is 6.03 Å². The third-order valence-electron chi connectivity index (χ3n) is 6.49. The first-order valence-corrected chi connectivity index (χ1v) is 11.9. The number of urea groups is 1. The summed E-state index contributed by atoms with van der Waals surface area (Å²) in [6.45, 7) is 6.92. The molecule has 1 aromatic heterocycles. The van der Waals surface area contributed by atoms with Gasteiger partial charge in [-0.05, 0) is 42.3 Å². The van der Waals surface area contributed by atoms with E-state index in [4.69, 9.17) is 16.6 Å². The number of hydrogen-bond acceptors (Lipinski definition) is 5. The first kappa shape index (κ1) is 22.5. The molecule has 2 N–H and O–H groups in total. The van der Waals surface area contributed by atoms with E-state index in [2.05, 4.69) is 10.2 Å². The van der Waals surface area contributed by atoms with Crippen LogP contribution >= 0.6 is 11.6 Å². The number of pyridine rings is 1. The molecule has 2 saturated heterocycles. The van der Waals surface area contributed by atoms with Crippen molar-refractivity contribution in [3.05, 3.63) is 59.2 Å². The lowest BCUT2D eigenvalue weighted by atomic mass is 9.97. The van der Waals surface area contributed by atoms with Crippen LogP contribution in [0, 0.1) is 6.92 Å². The number of carbonyl (C=O) groups excluding carboxylic acids is 1. The smallest absolute Gasteiger partial charge is 0.324 e. The maximum atomic E-state index is 12.4. The zero-order valence-corrected chi connectivity index (χ0v) is 20.1. The molecule has 34 heavy (non-hydrogen) atoms. The number of nitrogens with zero attached hydrogens (tertiary/aromatic N) is 4. The fourth-order valence-electron chi connectivity index (χ4n) is 4.64. The molecule has 0 atom stereocenters. The van der Waals surface area contributed by atoms with Crippen molar-refractivity contribution in [1.29, 1.82) is 0 Å². The lowest BCUT2D eigenvalue weighted by Crippen LogP contribution is -2.43. The van der Waals surface area contributed by atoms with Crippen LogP contribution in [0.2, 0.25) is 5.02 Å². The second-order valence-corrected chi connectivity index (χ2v) is 9.22. The number of piperazine rings is 1. The zero-order chi connectivity index (χ0) is 23.8. The molecule has 7 nitrogen and oxygen atoms in total. The van der Waals surface area contributed by atoms with Gasteiger partial charge in [-0.2, -0.15) is 0 Å². The normalized spacial score (nSPS) is 16.4. The van der Waals surface area contributed by atoms with Gasteiger partial charge in [0.1, 0.15) is 11.6 Å². The molecule has 0 unspecified atom stereocenters. The molecule has 2 aromatic carbocycles. The Morgan fingerprint density at radius 1 is 0.971 bits per heavy atom. The molecule has 0 bridgehead atoms. The van der Waals surface area contributed by atoms with Gasteiger partial charge in [0.25, 0.3) is 0 Å². The van der Waals surface area contributed by atoms with E-state index in [0.29, 0.717) is 29.4 Å².